The Kier molecular flexibility index (Phi) is 3.67. The normalized spacial score (nSPS) is 10.1. The molecule has 0 aliphatic rings. The quantitative estimate of drug-likeness (QED) is 0.741. The number of hydrogen-bond donors (Lipinski definition) is 0. The van der Waals surface area contributed by atoms with Crippen LogP contribution in [0.25, 0.3) is 0 Å². The number of carbonyl (C=O) groups excluding carboxylic acids is 1. The molecular formula is C11H13BrO. The SMILES string of the molecule is CCc1cc(CC)cc(C(=O)Br)c1. The first kappa shape index (κ1) is 10.5. The van der Waals surface area contributed by atoms with E-state index in [1.807, 2.05) is 12.1 Å². The van der Waals surface area contributed by atoms with E-state index in [0.717, 1.165) is 18.4 Å². The Bertz CT molecular complexity index is 296. The van der Waals surface area contributed by atoms with Gasteiger partial charge in [-0.15, -0.1) is 0 Å². The summed E-state index contributed by atoms with van der Waals surface area (Å²) >= 11 is 2.97. The maximum atomic E-state index is 11.1. The Morgan fingerprint density at radius 1 is 1.15 bits per heavy atom. The van der Waals surface area contributed by atoms with E-state index in [9.17, 15) is 4.79 Å². The summed E-state index contributed by atoms with van der Waals surface area (Å²) in [6.45, 7) is 4.19. The Morgan fingerprint density at radius 2 is 1.62 bits per heavy atom. The van der Waals surface area contributed by atoms with Gasteiger partial charge in [-0.25, -0.2) is 0 Å². The molecule has 0 spiro atoms. The van der Waals surface area contributed by atoms with Gasteiger partial charge in [0.2, 0.25) is 4.69 Å². The van der Waals surface area contributed by atoms with Gasteiger partial charge in [-0.05, 0) is 52.0 Å². The lowest BCUT2D eigenvalue weighted by molar-refractivity contribution is 0.109. The van der Waals surface area contributed by atoms with E-state index in [1.165, 1.54) is 11.1 Å². The van der Waals surface area contributed by atoms with Gasteiger partial charge in [-0.2, -0.15) is 0 Å². The highest BCUT2D eigenvalue weighted by Crippen LogP contribution is 2.14. The molecular weight excluding hydrogens is 228 g/mol. The fourth-order valence-electron chi connectivity index (χ4n) is 1.28. The van der Waals surface area contributed by atoms with Crippen molar-refractivity contribution in [3.8, 4) is 0 Å². The molecule has 0 aliphatic carbocycles. The van der Waals surface area contributed by atoms with E-state index < -0.39 is 0 Å². The molecule has 0 heterocycles. The zero-order chi connectivity index (χ0) is 9.84. The molecule has 1 aromatic rings. The molecule has 0 fully saturated rings. The highest BCUT2D eigenvalue weighted by molar-refractivity contribution is 9.18. The van der Waals surface area contributed by atoms with Crippen LogP contribution in [0, 0.1) is 0 Å². The molecule has 1 rings (SSSR count). The van der Waals surface area contributed by atoms with E-state index in [0.29, 0.717) is 0 Å². The molecule has 1 aromatic carbocycles. The van der Waals surface area contributed by atoms with Gasteiger partial charge in [0.1, 0.15) is 0 Å². The average Bonchev–Trinajstić information content (AvgIpc) is 2.16. The van der Waals surface area contributed by atoms with Crippen molar-refractivity contribution in [3.63, 3.8) is 0 Å². The van der Waals surface area contributed by atoms with Crippen molar-refractivity contribution < 1.29 is 4.79 Å². The highest BCUT2D eigenvalue weighted by atomic mass is 79.9. The first-order valence-corrected chi connectivity index (χ1v) is 5.29. The fourth-order valence-corrected chi connectivity index (χ4v) is 1.51. The van der Waals surface area contributed by atoms with Crippen LogP contribution in [-0.4, -0.2) is 4.69 Å². The minimum Gasteiger partial charge on any atom is -0.281 e. The molecule has 0 saturated carbocycles. The molecule has 0 unspecified atom stereocenters. The largest absolute Gasteiger partial charge is 0.281 e. The minimum atomic E-state index is -0.0301. The number of rotatable bonds is 3. The molecule has 0 N–H and O–H groups in total. The van der Waals surface area contributed by atoms with Gasteiger partial charge in [0, 0.05) is 5.56 Å². The van der Waals surface area contributed by atoms with Gasteiger partial charge in [-0.3, -0.25) is 4.79 Å². The van der Waals surface area contributed by atoms with Crippen molar-refractivity contribution >= 4 is 20.6 Å². The summed E-state index contributed by atoms with van der Waals surface area (Å²) in [5.41, 5.74) is 3.21. The molecule has 2 heteroatoms. The number of aryl methyl sites for hydroxylation is 2. The van der Waals surface area contributed by atoms with Gasteiger partial charge >= 0.3 is 0 Å². The van der Waals surface area contributed by atoms with Crippen LogP contribution in [-0.2, 0) is 12.8 Å². The van der Waals surface area contributed by atoms with Crippen molar-refractivity contribution in [2.45, 2.75) is 26.7 Å². The molecule has 0 amide bonds. The Hall–Kier alpha value is -0.630. The zero-order valence-corrected chi connectivity index (χ0v) is 9.52. The van der Waals surface area contributed by atoms with Crippen molar-refractivity contribution in [3.05, 3.63) is 34.9 Å². The van der Waals surface area contributed by atoms with Crippen LogP contribution in [0.1, 0.15) is 35.3 Å². The maximum Gasteiger partial charge on any atom is 0.228 e. The summed E-state index contributed by atoms with van der Waals surface area (Å²) in [6.07, 6.45) is 1.95. The number of hydrogen-bond acceptors (Lipinski definition) is 1. The maximum absolute atomic E-state index is 11.1. The third kappa shape index (κ3) is 2.66. The van der Waals surface area contributed by atoms with E-state index in [1.54, 1.807) is 0 Å². The van der Waals surface area contributed by atoms with Crippen molar-refractivity contribution in [1.29, 1.82) is 0 Å². The smallest absolute Gasteiger partial charge is 0.228 e. The predicted molar refractivity (Wildman–Crippen MR) is 58.5 cm³/mol. The van der Waals surface area contributed by atoms with Crippen molar-refractivity contribution in [2.75, 3.05) is 0 Å². The molecule has 1 nitrogen and oxygen atoms in total. The first-order chi connectivity index (χ1) is 6.17. The monoisotopic (exact) mass is 240 g/mol. The topological polar surface area (TPSA) is 17.1 Å². The van der Waals surface area contributed by atoms with Crippen molar-refractivity contribution in [2.24, 2.45) is 0 Å². The van der Waals surface area contributed by atoms with Crippen LogP contribution >= 0.6 is 15.9 Å². The van der Waals surface area contributed by atoms with Gasteiger partial charge in [0.25, 0.3) is 0 Å². The molecule has 13 heavy (non-hydrogen) atoms. The third-order valence-corrected chi connectivity index (χ3v) is 2.55. The van der Waals surface area contributed by atoms with E-state index in [-0.39, 0.29) is 4.69 Å². The van der Waals surface area contributed by atoms with Crippen molar-refractivity contribution in [1.82, 2.24) is 0 Å². The molecule has 0 aliphatic heterocycles. The lowest BCUT2D eigenvalue weighted by Gasteiger charge is -2.03. The van der Waals surface area contributed by atoms with Gasteiger partial charge in [0.05, 0.1) is 0 Å². The Labute approximate surface area is 87.3 Å². The van der Waals surface area contributed by atoms with Crippen LogP contribution in [0.15, 0.2) is 18.2 Å². The summed E-state index contributed by atoms with van der Waals surface area (Å²) < 4.78 is -0.0301. The molecule has 70 valence electrons. The second-order valence-electron chi connectivity index (χ2n) is 3.02. The fraction of sp³-hybridized carbons (Fsp3) is 0.364. The second kappa shape index (κ2) is 4.56. The van der Waals surface area contributed by atoms with E-state index in [4.69, 9.17) is 0 Å². The molecule has 0 bridgehead atoms. The van der Waals surface area contributed by atoms with Crippen LogP contribution in [0.2, 0.25) is 0 Å². The summed E-state index contributed by atoms with van der Waals surface area (Å²) in [5, 5.41) is 0. The Morgan fingerprint density at radius 3 is 1.92 bits per heavy atom. The lowest BCUT2D eigenvalue weighted by Crippen LogP contribution is -1.94. The van der Waals surface area contributed by atoms with Gasteiger partial charge in [0.15, 0.2) is 0 Å². The first-order valence-electron chi connectivity index (χ1n) is 4.50. The van der Waals surface area contributed by atoms with Gasteiger partial charge < -0.3 is 0 Å². The summed E-state index contributed by atoms with van der Waals surface area (Å²) in [7, 11) is 0. The van der Waals surface area contributed by atoms with Crippen LogP contribution in [0.3, 0.4) is 0 Å². The predicted octanol–water partition coefficient (Wildman–Crippen LogP) is 3.35. The number of carbonyl (C=O) groups is 1. The van der Waals surface area contributed by atoms with Gasteiger partial charge in [-0.1, -0.05) is 19.9 Å². The standard InChI is InChI=1S/C11H13BrO/c1-3-8-5-9(4-2)7-10(6-8)11(12)13/h5-7H,3-4H2,1-2H3. The molecule has 0 aromatic heterocycles. The summed E-state index contributed by atoms with van der Waals surface area (Å²) in [5.74, 6) is 0. The molecule has 0 saturated heterocycles. The Balaban J connectivity index is 3.14. The van der Waals surface area contributed by atoms with E-state index in [2.05, 4.69) is 35.8 Å². The molecule has 0 atom stereocenters. The number of benzene rings is 1. The zero-order valence-electron chi connectivity index (χ0n) is 7.93. The number of halogens is 1. The van der Waals surface area contributed by atoms with Crippen LogP contribution in [0.5, 0.6) is 0 Å². The third-order valence-electron chi connectivity index (χ3n) is 2.10. The summed E-state index contributed by atoms with van der Waals surface area (Å²) in [4.78, 5) is 11.1. The minimum absolute atomic E-state index is 0.0301. The average molecular weight is 241 g/mol. The van der Waals surface area contributed by atoms with E-state index >= 15 is 0 Å². The highest BCUT2D eigenvalue weighted by Gasteiger charge is 2.03. The lowest BCUT2D eigenvalue weighted by atomic mass is 10.0. The molecule has 0 radical (unpaired) electrons. The van der Waals surface area contributed by atoms with Crippen LogP contribution < -0.4 is 0 Å². The summed E-state index contributed by atoms with van der Waals surface area (Å²) in [6, 6.07) is 6.03. The second-order valence-corrected chi connectivity index (χ2v) is 3.74. The van der Waals surface area contributed by atoms with Crippen LogP contribution in [0.4, 0.5) is 0 Å².